The molecule has 0 saturated carbocycles. The quantitative estimate of drug-likeness (QED) is 0.237. The average molecular weight is 513 g/mol. The van der Waals surface area contributed by atoms with Gasteiger partial charge in [-0.15, -0.1) is 0 Å². The summed E-state index contributed by atoms with van der Waals surface area (Å²) in [6.45, 7) is 7.60. The highest BCUT2D eigenvalue weighted by Crippen LogP contribution is 2.42. The Labute approximate surface area is 215 Å². The summed E-state index contributed by atoms with van der Waals surface area (Å²) in [5, 5.41) is 11.7. The van der Waals surface area contributed by atoms with Gasteiger partial charge in [-0.25, -0.2) is 0 Å². The molecule has 1 amide bonds. The molecule has 2 fully saturated rings. The van der Waals surface area contributed by atoms with Crippen LogP contribution in [0.1, 0.15) is 17.2 Å². The lowest BCUT2D eigenvalue weighted by atomic mass is 9.95. The molecule has 36 heavy (non-hydrogen) atoms. The molecule has 0 radical (unpaired) electrons. The first-order chi connectivity index (χ1) is 17.4. The number of ether oxygens (including phenoxy) is 3. The van der Waals surface area contributed by atoms with Gasteiger partial charge in [0.15, 0.2) is 11.5 Å². The lowest BCUT2D eigenvalue weighted by Gasteiger charge is -2.31. The van der Waals surface area contributed by atoms with Gasteiger partial charge >= 0.3 is 0 Å². The number of hydrogen-bond donors (Lipinski definition) is 1. The summed E-state index contributed by atoms with van der Waals surface area (Å²) in [6.07, 6.45) is 1.63. The minimum absolute atomic E-state index is 0.0195. The predicted molar refractivity (Wildman–Crippen MR) is 136 cm³/mol. The number of hydrogen-bond acceptors (Lipinski definition) is 7. The second kappa shape index (κ2) is 11.6. The fourth-order valence-corrected chi connectivity index (χ4v) is 4.54. The number of likely N-dealkylation sites (tertiary alicyclic amines) is 1. The summed E-state index contributed by atoms with van der Waals surface area (Å²) in [5.41, 5.74) is 1.04. The van der Waals surface area contributed by atoms with E-state index in [9.17, 15) is 14.7 Å². The number of rotatable bonds is 9. The van der Waals surface area contributed by atoms with E-state index in [0.29, 0.717) is 60.6 Å². The summed E-state index contributed by atoms with van der Waals surface area (Å²) >= 11 is 6.00. The molecule has 2 saturated heterocycles. The van der Waals surface area contributed by atoms with E-state index in [1.54, 1.807) is 48.5 Å². The van der Waals surface area contributed by atoms with Crippen LogP contribution in [0.5, 0.6) is 11.5 Å². The van der Waals surface area contributed by atoms with Crippen LogP contribution in [0, 0.1) is 0 Å². The van der Waals surface area contributed by atoms with Crippen LogP contribution >= 0.6 is 11.6 Å². The van der Waals surface area contributed by atoms with Crippen LogP contribution in [-0.4, -0.2) is 79.7 Å². The SMILES string of the molecule is C=CCOc1ccc(C2C(=C(O)c3ccc(Cl)cc3)C(=O)C(=O)N2CCN2CCOCC2)cc1OC. The Morgan fingerprint density at radius 1 is 1.14 bits per heavy atom. The number of morpholine rings is 1. The van der Waals surface area contributed by atoms with Crippen LogP contribution in [0.2, 0.25) is 5.02 Å². The number of methoxy groups -OCH3 is 1. The maximum Gasteiger partial charge on any atom is 0.295 e. The summed E-state index contributed by atoms with van der Waals surface area (Å²) in [5.74, 6) is -0.700. The molecule has 1 unspecified atom stereocenters. The molecule has 0 aromatic heterocycles. The number of carbonyl (C=O) groups is 2. The van der Waals surface area contributed by atoms with Crippen molar-refractivity contribution in [1.82, 2.24) is 9.80 Å². The summed E-state index contributed by atoms with van der Waals surface area (Å²) in [6, 6.07) is 10.9. The highest BCUT2D eigenvalue weighted by atomic mass is 35.5. The molecule has 1 atom stereocenters. The molecule has 8 nitrogen and oxygen atoms in total. The van der Waals surface area contributed by atoms with Crippen molar-refractivity contribution in [2.75, 3.05) is 53.1 Å². The molecule has 0 aliphatic carbocycles. The summed E-state index contributed by atoms with van der Waals surface area (Å²) in [4.78, 5) is 30.2. The molecule has 4 rings (SSSR count). The van der Waals surface area contributed by atoms with E-state index in [2.05, 4.69) is 11.5 Å². The molecule has 2 aliphatic heterocycles. The van der Waals surface area contributed by atoms with E-state index in [1.807, 2.05) is 0 Å². The van der Waals surface area contributed by atoms with E-state index in [-0.39, 0.29) is 11.3 Å². The van der Waals surface area contributed by atoms with Gasteiger partial charge in [-0.1, -0.05) is 30.3 Å². The third kappa shape index (κ3) is 5.41. The van der Waals surface area contributed by atoms with Gasteiger partial charge in [0, 0.05) is 36.8 Å². The van der Waals surface area contributed by atoms with E-state index in [4.69, 9.17) is 25.8 Å². The topological polar surface area (TPSA) is 88.5 Å². The Kier molecular flexibility index (Phi) is 8.30. The fraction of sp³-hybridized carbons (Fsp3) is 0.333. The first kappa shape index (κ1) is 25.8. The van der Waals surface area contributed by atoms with Gasteiger partial charge in [0.1, 0.15) is 12.4 Å². The van der Waals surface area contributed by atoms with Crippen molar-refractivity contribution in [2.45, 2.75) is 6.04 Å². The first-order valence-electron chi connectivity index (χ1n) is 11.7. The molecule has 2 aliphatic rings. The molecule has 2 aromatic carbocycles. The number of ketones is 1. The van der Waals surface area contributed by atoms with Gasteiger partial charge in [-0.2, -0.15) is 0 Å². The second-order valence-electron chi connectivity index (χ2n) is 8.46. The van der Waals surface area contributed by atoms with Gasteiger partial charge in [0.25, 0.3) is 11.7 Å². The van der Waals surface area contributed by atoms with Crippen LogP contribution in [0.15, 0.2) is 60.7 Å². The predicted octanol–water partition coefficient (Wildman–Crippen LogP) is 3.67. The number of amides is 1. The van der Waals surface area contributed by atoms with Crippen LogP contribution in [0.3, 0.4) is 0 Å². The zero-order valence-electron chi connectivity index (χ0n) is 20.1. The molecule has 190 valence electrons. The smallest absolute Gasteiger partial charge is 0.295 e. The maximum absolute atomic E-state index is 13.3. The average Bonchev–Trinajstić information content (AvgIpc) is 3.16. The largest absolute Gasteiger partial charge is 0.507 e. The number of nitrogens with zero attached hydrogens (tertiary/aromatic N) is 2. The third-order valence-corrected chi connectivity index (χ3v) is 6.53. The van der Waals surface area contributed by atoms with Crippen LogP contribution in [0.25, 0.3) is 5.76 Å². The molecular formula is C27H29ClN2O6. The molecule has 2 heterocycles. The molecular weight excluding hydrogens is 484 g/mol. The lowest BCUT2D eigenvalue weighted by molar-refractivity contribution is -0.140. The molecule has 0 bridgehead atoms. The van der Waals surface area contributed by atoms with Crippen LogP contribution < -0.4 is 9.47 Å². The van der Waals surface area contributed by atoms with E-state index >= 15 is 0 Å². The Bertz CT molecular complexity index is 1160. The zero-order valence-corrected chi connectivity index (χ0v) is 20.9. The number of aliphatic hydroxyl groups excluding tert-OH is 1. The third-order valence-electron chi connectivity index (χ3n) is 6.28. The number of benzene rings is 2. The van der Waals surface area contributed by atoms with E-state index < -0.39 is 17.7 Å². The minimum atomic E-state index is -0.802. The van der Waals surface area contributed by atoms with Gasteiger partial charge in [0.05, 0.1) is 31.9 Å². The molecule has 0 spiro atoms. The van der Waals surface area contributed by atoms with Crippen molar-refractivity contribution in [3.8, 4) is 11.5 Å². The molecule has 9 heteroatoms. The summed E-state index contributed by atoms with van der Waals surface area (Å²) < 4.78 is 16.6. The van der Waals surface area contributed by atoms with Crippen molar-refractivity contribution in [1.29, 1.82) is 0 Å². The molecule has 2 aromatic rings. The van der Waals surface area contributed by atoms with Crippen molar-refractivity contribution in [3.05, 3.63) is 76.8 Å². The fourth-order valence-electron chi connectivity index (χ4n) is 4.42. The van der Waals surface area contributed by atoms with Crippen molar-refractivity contribution >= 4 is 29.1 Å². The maximum atomic E-state index is 13.3. The van der Waals surface area contributed by atoms with Crippen molar-refractivity contribution in [2.24, 2.45) is 0 Å². The minimum Gasteiger partial charge on any atom is -0.507 e. The second-order valence-corrected chi connectivity index (χ2v) is 8.90. The Morgan fingerprint density at radius 2 is 1.86 bits per heavy atom. The van der Waals surface area contributed by atoms with Gasteiger partial charge in [-0.3, -0.25) is 14.5 Å². The van der Waals surface area contributed by atoms with E-state index in [0.717, 1.165) is 13.1 Å². The van der Waals surface area contributed by atoms with Gasteiger partial charge in [-0.05, 0) is 42.0 Å². The number of aliphatic hydroxyl groups is 1. The number of carbonyl (C=O) groups excluding carboxylic acids is 2. The zero-order chi connectivity index (χ0) is 25.7. The Hall–Kier alpha value is -3.33. The van der Waals surface area contributed by atoms with Gasteiger partial charge in [0.2, 0.25) is 0 Å². The van der Waals surface area contributed by atoms with Gasteiger partial charge < -0.3 is 24.2 Å². The lowest BCUT2D eigenvalue weighted by Crippen LogP contribution is -2.42. The Balaban J connectivity index is 1.76. The van der Waals surface area contributed by atoms with E-state index in [1.165, 1.54) is 12.0 Å². The van der Waals surface area contributed by atoms with Crippen molar-refractivity contribution < 1.29 is 28.9 Å². The molecule has 1 N–H and O–H groups in total. The highest BCUT2D eigenvalue weighted by Gasteiger charge is 2.46. The number of Topliss-reactive ketones (excluding diaryl/α,β-unsaturated/α-hetero) is 1. The standard InChI is InChI=1S/C27H29ClN2O6/c1-3-14-36-21-9-6-19(17-22(21)34-2)24-23(25(31)18-4-7-20(28)8-5-18)26(32)27(33)30(24)11-10-29-12-15-35-16-13-29/h3-9,17,24,31H,1,10-16H2,2H3. The van der Waals surface area contributed by atoms with Crippen molar-refractivity contribution in [3.63, 3.8) is 0 Å². The van der Waals surface area contributed by atoms with Crippen LogP contribution in [-0.2, 0) is 14.3 Å². The summed E-state index contributed by atoms with van der Waals surface area (Å²) in [7, 11) is 1.52. The highest BCUT2D eigenvalue weighted by molar-refractivity contribution is 6.46. The Morgan fingerprint density at radius 3 is 2.53 bits per heavy atom. The monoisotopic (exact) mass is 512 g/mol. The van der Waals surface area contributed by atoms with Crippen LogP contribution in [0.4, 0.5) is 0 Å². The number of halogens is 1. The first-order valence-corrected chi connectivity index (χ1v) is 12.1. The normalized spacial score (nSPS) is 19.9.